The zero-order valence-corrected chi connectivity index (χ0v) is 14.6. The molecule has 0 bridgehead atoms. The molecule has 0 amide bonds. The Morgan fingerprint density at radius 2 is 1.73 bits per heavy atom. The molecule has 0 aliphatic heterocycles. The van der Waals surface area contributed by atoms with Crippen molar-refractivity contribution in [1.29, 1.82) is 0 Å². The van der Waals surface area contributed by atoms with E-state index in [4.69, 9.17) is 18.6 Å². The van der Waals surface area contributed by atoms with Crippen LogP contribution in [0.3, 0.4) is 0 Å². The molecule has 0 aliphatic carbocycles. The van der Waals surface area contributed by atoms with Crippen LogP contribution in [-0.2, 0) is 0 Å². The van der Waals surface area contributed by atoms with Crippen LogP contribution >= 0.6 is 0 Å². The van der Waals surface area contributed by atoms with Crippen molar-refractivity contribution in [2.75, 3.05) is 7.11 Å². The molecule has 3 aromatic rings. The van der Waals surface area contributed by atoms with Gasteiger partial charge in [-0.05, 0) is 38.1 Å². The number of fused-ring (bicyclic) bond motifs is 1. The molecule has 2 aromatic carbocycles. The lowest BCUT2D eigenvalue weighted by Gasteiger charge is -2.16. The Morgan fingerprint density at radius 3 is 2.38 bits per heavy atom. The average Bonchev–Trinajstić information content (AvgIpc) is 2.64. The Hall–Kier alpha value is -3.28. The summed E-state index contributed by atoms with van der Waals surface area (Å²) in [6.07, 6.45) is -0.320. The number of ether oxygens (including phenoxy) is 3. The normalized spacial score (nSPS) is 10.8. The fourth-order valence-corrected chi connectivity index (χ4v) is 2.50. The molecule has 0 aliphatic rings. The van der Waals surface area contributed by atoms with E-state index in [1.807, 2.05) is 0 Å². The Labute approximate surface area is 149 Å². The fourth-order valence-electron chi connectivity index (χ4n) is 2.50. The fraction of sp³-hybridized carbons (Fsp3) is 0.200. The third-order valence-electron chi connectivity index (χ3n) is 3.59. The highest BCUT2D eigenvalue weighted by atomic mass is 16.6. The number of hydrogen-bond acceptors (Lipinski definition) is 6. The van der Waals surface area contributed by atoms with Gasteiger partial charge in [-0.1, -0.05) is 24.3 Å². The summed E-state index contributed by atoms with van der Waals surface area (Å²) >= 11 is 0. The van der Waals surface area contributed by atoms with E-state index >= 15 is 0 Å². The van der Waals surface area contributed by atoms with Gasteiger partial charge in [0, 0.05) is 0 Å². The summed E-state index contributed by atoms with van der Waals surface area (Å²) in [5.41, 5.74) is -0.143. The average molecular weight is 354 g/mol. The number of hydrogen-bond donors (Lipinski definition) is 0. The monoisotopic (exact) mass is 354 g/mol. The summed E-state index contributed by atoms with van der Waals surface area (Å²) in [5.74, 6) is -0.398. The van der Waals surface area contributed by atoms with Crippen molar-refractivity contribution in [3.63, 3.8) is 0 Å². The molecule has 1 aromatic heterocycles. The van der Waals surface area contributed by atoms with Gasteiger partial charge in [-0.25, -0.2) is 9.59 Å². The maximum absolute atomic E-state index is 12.6. The summed E-state index contributed by atoms with van der Waals surface area (Å²) in [5, 5.41) is 0.356. The van der Waals surface area contributed by atoms with Crippen LogP contribution in [0.1, 0.15) is 24.2 Å². The van der Waals surface area contributed by atoms with Crippen LogP contribution in [0.4, 0.5) is 0 Å². The first-order valence-electron chi connectivity index (χ1n) is 8.09. The molecule has 1 heterocycles. The van der Waals surface area contributed by atoms with Crippen molar-refractivity contribution in [3.05, 3.63) is 64.5 Å². The maximum atomic E-state index is 12.6. The van der Waals surface area contributed by atoms with Gasteiger partial charge in [-0.15, -0.1) is 0 Å². The SMILES string of the molecule is COc1cccc2oc(=O)c(OC(C)C)c(OC(=O)c3ccccc3)c12. The lowest BCUT2D eigenvalue weighted by Crippen LogP contribution is -2.17. The highest BCUT2D eigenvalue weighted by molar-refractivity contribution is 5.97. The third-order valence-corrected chi connectivity index (χ3v) is 3.59. The number of methoxy groups -OCH3 is 1. The summed E-state index contributed by atoms with van der Waals surface area (Å²) in [6.45, 7) is 3.52. The number of benzene rings is 2. The van der Waals surface area contributed by atoms with Crippen molar-refractivity contribution in [2.45, 2.75) is 20.0 Å². The Balaban J connectivity index is 2.22. The second kappa shape index (κ2) is 7.31. The van der Waals surface area contributed by atoms with E-state index in [-0.39, 0.29) is 23.2 Å². The molecule has 134 valence electrons. The lowest BCUT2D eigenvalue weighted by atomic mass is 10.2. The van der Waals surface area contributed by atoms with E-state index in [1.165, 1.54) is 7.11 Å². The van der Waals surface area contributed by atoms with E-state index in [0.717, 1.165) is 0 Å². The molecule has 3 rings (SSSR count). The van der Waals surface area contributed by atoms with E-state index in [9.17, 15) is 9.59 Å². The minimum Gasteiger partial charge on any atom is -0.496 e. The largest absolute Gasteiger partial charge is 0.496 e. The van der Waals surface area contributed by atoms with Crippen LogP contribution in [0, 0.1) is 0 Å². The molecule has 0 spiro atoms. The highest BCUT2D eigenvalue weighted by Gasteiger charge is 2.24. The summed E-state index contributed by atoms with van der Waals surface area (Å²) in [7, 11) is 1.48. The van der Waals surface area contributed by atoms with Crippen molar-refractivity contribution in [1.82, 2.24) is 0 Å². The third kappa shape index (κ3) is 3.39. The van der Waals surface area contributed by atoms with Gasteiger partial charge >= 0.3 is 11.6 Å². The smallest absolute Gasteiger partial charge is 0.383 e. The number of carbonyl (C=O) groups is 1. The van der Waals surface area contributed by atoms with Gasteiger partial charge in [0.1, 0.15) is 16.7 Å². The standard InChI is InChI=1S/C20H18O6/c1-12(2)24-18-17(26-19(21)13-8-5-4-6-9-13)16-14(23-3)10-7-11-15(16)25-20(18)22/h4-12H,1-3H3. The highest BCUT2D eigenvalue weighted by Crippen LogP contribution is 2.39. The quantitative estimate of drug-likeness (QED) is 0.512. The van der Waals surface area contributed by atoms with Gasteiger partial charge < -0.3 is 18.6 Å². The van der Waals surface area contributed by atoms with Crippen LogP contribution in [0.15, 0.2) is 57.7 Å². The first-order valence-corrected chi connectivity index (χ1v) is 8.09. The summed E-state index contributed by atoms with van der Waals surface area (Å²) in [4.78, 5) is 24.9. The minimum atomic E-state index is -0.727. The summed E-state index contributed by atoms with van der Waals surface area (Å²) in [6, 6.07) is 13.4. The van der Waals surface area contributed by atoms with Crippen molar-refractivity contribution < 1.29 is 23.4 Å². The Kier molecular flexibility index (Phi) is 4.93. The molecule has 0 saturated heterocycles. The van der Waals surface area contributed by atoms with Crippen molar-refractivity contribution in [2.24, 2.45) is 0 Å². The van der Waals surface area contributed by atoms with Gasteiger partial charge in [0.2, 0.25) is 5.75 Å². The topological polar surface area (TPSA) is 75.0 Å². The van der Waals surface area contributed by atoms with Crippen LogP contribution < -0.4 is 19.8 Å². The first kappa shape index (κ1) is 17.5. The number of esters is 1. The second-order valence-corrected chi connectivity index (χ2v) is 5.80. The molecule has 0 fully saturated rings. The van der Waals surface area contributed by atoms with Crippen LogP contribution in [0.2, 0.25) is 0 Å². The van der Waals surface area contributed by atoms with E-state index in [0.29, 0.717) is 16.7 Å². The predicted molar refractivity (Wildman–Crippen MR) is 96.2 cm³/mol. The number of rotatable bonds is 5. The summed E-state index contributed by atoms with van der Waals surface area (Å²) < 4.78 is 21.8. The zero-order valence-electron chi connectivity index (χ0n) is 14.6. The Bertz CT molecular complexity index is 988. The zero-order chi connectivity index (χ0) is 18.7. The van der Waals surface area contributed by atoms with Crippen molar-refractivity contribution >= 4 is 16.9 Å². The molecule has 0 N–H and O–H groups in total. The van der Waals surface area contributed by atoms with E-state index in [1.54, 1.807) is 62.4 Å². The van der Waals surface area contributed by atoms with Crippen LogP contribution in [0.25, 0.3) is 11.0 Å². The minimum absolute atomic E-state index is 0.0174. The molecule has 0 saturated carbocycles. The maximum Gasteiger partial charge on any atom is 0.383 e. The van der Waals surface area contributed by atoms with Crippen molar-refractivity contribution in [3.8, 4) is 17.2 Å². The molecule has 26 heavy (non-hydrogen) atoms. The van der Waals surface area contributed by atoms with E-state index < -0.39 is 11.6 Å². The van der Waals surface area contributed by atoms with Gasteiger partial charge in [0.25, 0.3) is 0 Å². The van der Waals surface area contributed by atoms with Gasteiger partial charge in [0.15, 0.2) is 5.75 Å². The van der Waals surface area contributed by atoms with Gasteiger partial charge in [-0.3, -0.25) is 0 Å². The number of carbonyl (C=O) groups excluding carboxylic acids is 1. The van der Waals surface area contributed by atoms with Crippen LogP contribution in [0.5, 0.6) is 17.2 Å². The molecule has 6 nitrogen and oxygen atoms in total. The molecule has 0 atom stereocenters. The van der Waals surface area contributed by atoms with Gasteiger partial charge in [0.05, 0.1) is 18.8 Å². The Morgan fingerprint density at radius 1 is 1.00 bits per heavy atom. The molecular formula is C20H18O6. The predicted octanol–water partition coefficient (Wildman–Crippen LogP) is 3.81. The lowest BCUT2D eigenvalue weighted by molar-refractivity contribution is 0.0726. The molecule has 6 heteroatoms. The molecule has 0 radical (unpaired) electrons. The van der Waals surface area contributed by atoms with Gasteiger partial charge in [-0.2, -0.15) is 0 Å². The molecular weight excluding hydrogens is 336 g/mol. The van der Waals surface area contributed by atoms with E-state index in [2.05, 4.69) is 0 Å². The molecule has 0 unspecified atom stereocenters. The van der Waals surface area contributed by atoms with Crippen LogP contribution in [-0.4, -0.2) is 19.2 Å². The first-order chi connectivity index (χ1) is 12.5. The second-order valence-electron chi connectivity index (χ2n) is 5.80.